The molecular weight excluding hydrogens is 308 g/mol. The normalized spacial score (nSPS) is 16.6. The Morgan fingerprint density at radius 1 is 1.38 bits per heavy atom. The number of thiophene rings is 1. The van der Waals surface area contributed by atoms with Gasteiger partial charge in [0.15, 0.2) is 5.11 Å². The van der Waals surface area contributed by atoms with E-state index in [0.717, 1.165) is 24.2 Å². The van der Waals surface area contributed by atoms with E-state index in [1.807, 2.05) is 0 Å². The summed E-state index contributed by atoms with van der Waals surface area (Å²) in [4.78, 5) is 10.9. The van der Waals surface area contributed by atoms with Gasteiger partial charge in [-0.1, -0.05) is 37.0 Å². The molecule has 0 amide bonds. The van der Waals surface area contributed by atoms with E-state index in [0.29, 0.717) is 16.0 Å². The van der Waals surface area contributed by atoms with Crippen molar-refractivity contribution in [3.05, 3.63) is 27.1 Å². The molecule has 0 radical (unpaired) electrons. The Hall–Kier alpha value is -1.54. The Labute approximate surface area is 132 Å². The van der Waals surface area contributed by atoms with E-state index in [1.165, 1.54) is 31.7 Å². The van der Waals surface area contributed by atoms with Gasteiger partial charge in [0.2, 0.25) is 0 Å². The third-order valence-corrected chi connectivity index (χ3v) is 4.52. The minimum atomic E-state index is -0.409. The third-order valence-electron chi connectivity index (χ3n) is 3.34. The van der Waals surface area contributed by atoms with Crippen molar-refractivity contribution in [2.45, 2.75) is 44.6 Å². The average Bonchev–Trinajstić information content (AvgIpc) is 2.77. The first-order chi connectivity index (χ1) is 10.1. The van der Waals surface area contributed by atoms with E-state index in [9.17, 15) is 10.1 Å². The van der Waals surface area contributed by atoms with Gasteiger partial charge in [-0.2, -0.15) is 5.10 Å². The van der Waals surface area contributed by atoms with Crippen molar-refractivity contribution < 1.29 is 4.92 Å². The number of nitro groups is 1. The topological polar surface area (TPSA) is 79.6 Å². The fourth-order valence-electron chi connectivity index (χ4n) is 2.31. The molecule has 0 bridgehead atoms. The molecule has 1 aliphatic rings. The van der Waals surface area contributed by atoms with Gasteiger partial charge in [-0.15, -0.1) is 0 Å². The second kappa shape index (κ2) is 8.04. The van der Waals surface area contributed by atoms with Gasteiger partial charge in [-0.25, -0.2) is 0 Å². The highest BCUT2D eigenvalue weighted by molar-refractivity contribution is 7.80. The second-order valence-corrected chi connectivity index (χ2v) is 6.47. The van der Waals surface area contributed by atoms with E-state index >= 15 is 0 Å². The molecule has 1 saturated carbocycles. The summed E-state index contributed by atoms with van der Waals surface area (Å²) >= 11 is 6.28. The molecular formula is C13H18N4O2S2. The Bertz CT molecular complexity index is 522. The third kappa shape index (κ3) is 5.39. The van der Waals surface area contributed by atoms with Crippen molar-refractivity contribution in [1.82, 2.24) is 10.7 Å². The molecule has 0 saturated heterocycles. The van der Waals surface area contributed by atoms with Gasteiger partial charge in [-0.3, -0.25) is 15.5 Å². The monoisotopic (exact) mass is 326 g/mol. The van der Waals surface area contributed by atoms with Crippen LogP contribution in [0.3, 0.4) is 0 Å². The van der Waals surface area contributed by atoms with Crippen molar-refractivity contribution in [1.29, 1.82) is 0 Å². The largest absolute Gasteiger partial charge is 0.359 e. The molecule has 1 heterocycles. The Morgan fingerprint density at radius 2 is 2.10 bits per heavy atom. The van der Waals surface area contributed by atoms with Gasteiger partial charge in [0.25, 0.3) is 0 Å². The number of nitrogens with one attached hydrogen (secondary N) is 2. The maximum atomic E-state index is 10.6. The molecule has 2 rings (SSSR count). The molecule has 0 unspecified atom stereocenters. The first kappa shape index (κ1) is 15.8. The van der Waals surface area contributed by atoms with Crippen LogP contribution in [0.2, 0.25) is 0 Å². The van der Waals surface area contributed by atoms with Crippen molar-refractivity contribution in [3.8, 4) is 0 Å². The summed E-state index contributed by atoms with van der Waals surface area (Å²) < 4.78 is 0. The SMILES string of the molecule is O=[N+]([O-])c1ccc(/C=N\NC(=S)NC2CCCCCC2)s1. The van der Waals surface area contributed by atoms with Crippen LogP contribution in [0.1, 0.15) is 43.4 Å². The molecule has 0 spiro atoms. The molecule has 0 aromatic carbocycles. The van der Waals surface area contributed by atoms with Gasteiger partial charge in [0, 0.05) is 12.1 Å². The van der Waals surface area contributed by atoms with Crippen LogP contribution in [-0.4, -0.2) is 22.3 Å². The van der Waals surface area contributed by atoms with E-state index in [4.69, 9.17) is 12.2 Å². The highest BCUT2D eigenvalue weighted by atomic mass is 32.1. The number of hydrogen-bond donors (Lipinski definition) is 2. The van der Waals surface area contributed by atoms with Crippen LogP contribution >= 0.6 is 23.6 Å². The molecule has 0 atom stereocenters. The van der Waals surface area contributed by atoms with Gasteiger partial charge >= 0.3 is 5.00 Å². The van der Waals surface area contributed by atoms with Crippen LogP contribution in [0.15, 0.2) is 17.2 Å². The lowest BCUT2D eigenvalue weighted by Crippen LogP contribution is -2.39. The molecule has 21 heavy (non-hydrogen) atoms. The number of hydrazone groups is 1. The van der Waals surface area contributed by atoms with Crippen LogP contribution in [0, 0.1) is 10.1 Å². The lowest BCUT2D eigenvalue weighted by molar-refractivity contribution is -0.380. The molecule has 1 aromatic heterocycles. The van der Waals surface area contributed by atoms with Gasteiger partial charge in [0.1, 0.15) is 0 Å². The number of rotatable bonds is 4. The molecule has 8 heteroatoms. The van der Waals surface area contributed by atoms with Crippen LogP contribution in [-0.2, 0) is 0 Å². The zero-order valence-electron chi connectivity index (χ0n) is 11.6. The molecule has 1 aliphatic carbocycles. The predicted molar refractivity (Wildman–Crippen MR) is 88.9 cm³/mol. The molecule has 1 aromatic rings. The van der Waals surface area contributed by atoms with Crippen LogP contribution < -0.4 is 10.7 Å². The summed E-state index contributed by atoms with van der Waals surface area (Å²) in [6.07, 6.45) is 8.90. The first-order valence-corrected chi connectivity index (χ1v) is 8.21. The Balaban J connectivity index is 1.77. The van der Waals surface area contributed by atoms with Crippen LogP contribution in [0.4, 0.5) is 5.00 Å². The average molecular weight is 326 g/mol. The van der Waals surface area contributed by atoms with E-state index in [2.05, 4.69) is 15.8 Å². The van der Waals surface area contributed by atoms with E-state index in [-0.39, 0.29) is 5.00 Å². The van der Waals surface area contributed by atoms with Crippen LogP contribution in [0.5, 0.6) is 0 Å². The summed E-state index contributed by atoms with van der Waals surface area (Å²) in [5.41, 5.74) is 2.76. The fraction of sp³-hybridized carbons (Fsp3) is 0.538. The summed E-state index contributed by atoms with van der Waals surface area (Å²) in [6, 6.07) is 3.55. The first-order valence-electron chi connectivity index (χ1n) is 6.99. The van der Waals surface area contributed by atoms with Crippen molar-refractivity contribution >= 4 is 39.9 Å². The maximum Gasteiger partial charge on any atom is 0.324 e. The standard InChI is InChI=1S/C13H18N4O2S2/c18-17(19)12-8-7-11(21-12)9-14-16-13(20)15-10-5-3-1-2-4-6-10/h7-10H,1-6H2,(H2,15,16,20)/b14-9-. The highest BCUT2D eigenvalue weighted by Gasteiger charge is 2.12. The minimum absolute atomic E-state index is 0.107. The summed E-state index contributed by atoms with van der Waals surface area (Å²) in [5.74, 6) is 0. The Morgan fingerprint density at radius 3 is 2.71 bits per heavy atom. The zero-order chi connectivity index (χ0) is 15.1. The highest BCUT2D eigenvalue weighted by Crippen LogP contribution is 2.22. The van der Waals surface area contributed by atoms with Crippen molar-refractivity contribution in [3.63, 3.8) is 0 Å². The van der Waals surface area contributed by atoms with Gasteiger partial charge < -0.3 is 5.32 Å². The zero-order valence-corrected chi connectivity index (χ0v) is 13.2. The maximum absolute atomic E-state index is 10.6. The predicted octanol–water partition coefficient (Wildman–Crippen LogP) is 3.18. The van der Waals surface area contributed by atoms with E-state index < -0.39 is 4.92 Å². The van der Waals surface area contributed by atoms with E-state index in [1.54, 1.807) is 12.3 Å². The fourth-order valence-corrected chi connectivity index (χ4v) is 3.22. The Kier molecular flexibility index (Phi) is 6.06. The molecule has 6 nitrogen and oxygen atoms in total. The molecule has 114 valence electrons. The lowest BCUT2D eigenvalue weighted by Gasteiger charge is -2.17. The summed E-state index contributed by atoms with van der Waals surface area (Å²) in [6.45, 7) is 0. The number of nitrogens with zero attached hydrogens (tertiary/aromatic N) is 2. The smallest absolute Gasteiger partial charge is 0.324 e. The van der Waals surface area contributed by atoms with Crippen molar-refractivity contribution in [2.75, 3.05) is 0 Å². The van der Waals surface area contributed by atoms with Crippen molar-refractivity contribution in [2.24, 2.45) is 5.10 Å². The van der Waals surface area contributed by atoms with Crippen LogP contribution in [0.25, 0.3) is 0 Å². The molecule has 0 aliphatic heterocycles. The minimum Gasteiger partial charge on any atom is -0.359 e. The summed E-state index contributed by atoms with van der Waals surface area (Å²) in [7, 11) is 0. The van der Waals surface area contributed by atoms with Gasteiger partial charge in [0.05, 0.1) is 16.0 Å². The van der Waals surface area contributed by atoms with Gasteiger partial charge in [-0.05, 0) is 31.1 Å². The summed E-state index contributed by atoms with van der Waals surface area (Å²) in [5, 5.41) is 18.5. The number of hydrogen-bond acceptors (Lipinski definition) is 5. The quantitative estimate of drug-likeness (QED) is 0.292. The molecule has 1 fully saturated rings. The molecule has 2 N–H and O–H groups in total. The lowest BCUT2D eigenvalue weighted by atomic mass is 10.1. The second-order valence-electron chi connectivity index (χ2n) is 4.97. The number of thiocarbonyl (C=S) groups is 1.